The van der Waals surface area contributed by atoms with Crippen LogP contribution in [0.1, 0.15) is 34.1 Å². The smallest absolute Gasteiger partial charge is 0.271 e. The molecule has 0 unspecified atom stereocenters. The molecule has 3 aromatic heterocycles. The molecule has 7 nitrogen and oxygen atoms in total. The van der Waals surface area contributed by atoms with Crippen molar-refractivity contribution in [1.29, 1.82) is 0 Å². The van der Waals surface area contributed by atoms with Gasteiger partial charge >= 0.3 is 0 Å². The highest BCUT2D eigenvalue weighted by atomic mass is 16.2. The SMILES string of the molecule is Cc1ccc2nc(C(=O)N[C@@H](CCn3cncn3)c3ccccc3)cn2c1. The molecule has 4 aromatic rings. The van der Waals surface area contributed by atoms with Crippen LogP contribution in [0.15, 0.2) is 67.5 Å². The van der Waals surface area contributed by atoms with Crippen LogP contribution in [0.25, 0.3) is 5.65 Å². The van der Waals surface area contributed by atoms with Gasteiger partial charge < -0.3 is 9.72 Å². The van der Waals surface area contributed by atoms with Crippen molar-refractivity contribution < 1.29 is 4.79 Å². The van der Waals surface area contributed by atoms with Crippen molar-refractivity contribution in [1.82, 2.24) is 29.5 Å². The highest BCUT2D eigenvalue weighted by Crippen LogP contribution is 2.18. The number of nitrogens with zero attached hydrogens (tertiary/aromatic N) is 5. The van der Waals surface area contributed by atoms with E-state index in [4.69, 9.17) is 0 Å². The lowest BCUT2D eigenvalue weighted by Crippen LogP contribution is -2.29. The number of carbonyl (C=O) groups is 1. The standard InChI is InChI=1S/C20H20N6O/c1-15-7-8-19-23-18(12-25(19)11-15)20(27)24-17(16-5-3-2-4-6-16)9-10-26-14-21-13-22-26/h2-8,11-14,17H,9-10H2,1H3,(H,24,27)/t17-/m0/s1. The van der Waals surface area contributed by atoms with Crippen LogP contribution >= 0.6 is 0 Å². The molecule has 0 spiro atoms. The Balaban J connectivity index is 1.54. The predicted molar refractivity (Wildman–Crippen MR) is 101 cm³/mol. The van der Waals surface area contributed by atoms with Crippen molar-refractivity contribution in [2.24, 2.45) is 0 Å². The third-order valence-corrected chi connectivity index (χ3v) is 4.45. The first kappa shape index (κ1) is 17.0. The van der Waals surface area contributed by atoms with Gasteiger partial charge in [-0.2, -0.15) is 5.10 Å². The van der Waals surface area contributed by atoms with Crippen LogP contribution in [0.5, 0.6) is 0 Å². The normalized spacial score (nSPS) is 12.2. The number of imidazole rings is 1. The van der Waals surface area contributed by atoms with E-state index in [0.29, 0.717) is 18.7 Å². The van der Waals surface area contributed by atoms with E-state index in [2.05, 4.69) is 20.4 Å². The van der Waals surface area contributed by atoms with Gasteiger partial charge in [-0.05, 0) is 30.5 Å². The number of hydrogen-bond acceptors (Lipinski definition) is 4. The molecule has 0 saturated heterocycles. The van der Waals surface area contributed by atoms with Crippen LogP contribution < -0.4 is 5.32 Å². The minimum atomic E-state index is -0.191. The molecule has 7 heteroatoms. The van der Waals surface area contributed by atoms with Crippen molar-refractivity contribution in [2.45, 2.75) is 25.9 Å². The molecule has 3 heterocycles. The Morgan fingerprint density at radius 1 is 1.15 bits per heavy atom. The predicted octanol–water partition coefficient (Wildman–Crippen LogP) is 2.80. The van der Waals surface area contributed by atoms with Crippen LogP contribution in [-0.4, -0.2) is 30.1 Å². The fourth-order valence-corrected chi connectivity index (χ4v) is 3.06. The average molecular weight is 360 g/mol. The van der Waals surface area contributed by atoms with Gasteiger partial charge in [-0.3, -0.25) is 9.48 Å². The largest absolute Gasteiger partial charge is 0.344 e. The maximum atomic E-state index is 12.8. The molecule has 136 valence electrons. The molecule has 1 aromatic carbocycles. The number of fused-ring (bicyclic) bond motifs is 1. The van der Waals surface area contributed by atoms with Gasteiger partial charge in [-0.25, -0.2) is 9.97 Å². The molecule has 0 fully saturated rings. The second-order valence-electron chi connectivity index (χ2n) is 6.48. The number of nitrogens with one attached hydrogen (secondary N) is 1. The maximum absolute atomic E-state index is 12.8. The molecule has 0 radical (unpaired) electrons. The zero-order chi connectivity index (χ0) is 18.6. The first-order chi connectivity index (χ1) is 13.2. The van der Waals surface area contributed by atoms with Crippen molar-refractivity contribution in [2.75, 3.05) is 0 Å². The monoisotopic (exact) mass is 360 g/mol. The average Bonchev–Trinajstić information content (AvgIpc) is 3.35. The number of benzene rings is 1. The molecule has 0 aliphatic rings. The summed E-state index contributed by atoms with van der Waals surface area (Å²) >= 11 is 0. The van der Waals surface area contributed by atoms with Gasteiger partial charge in [0.25, 0.3) is 5.91 Å². The number of amides is 1. The Bertz CT molecular complexity index is 1040. The van der Waals surface area contributed by atoms with Crippen LogP contribution in [0, 0.1) is 6.92 Å². The minimum Gasteiger partial charge on any atom is -0.344 e. The molecule has 4 rings (SSSR count). The lowest BCUT2D eigenvalue weighted by molar-refractivity contribution is 0.0929. The number of pyridine rings is 1. The Labute approximate surface area is 156 Å². The number of rotatable bonds is 6. The van der Waals surface area contributed by atoms with Crippen molar-refractivity contribution >= 4 is 11.6 Å². The molecule has 27 heavy (non-hydrogen) atoms. The van der Waals surface area contributed by atoms with E-state index in [1.165, 1.54) is 6.33 Å². The molecule has 1 N–H and O–H groups in total. The van der Waals surface area contributed by atoms with Crippen LogP contribution in [0.2, 0.25) is 0 Å². The van der Waals surface area contributed by atoms with Crippen molar-refractivity contribution in [3.8, 4) is 0 Å². The van der Waals surface area contributed by atoms with E-state index in [-0.39, 0.29) is 11.9 Å². The summed E-state index contributed by atoms with van der Waals surface area (Å²) < 4.78 is 3.63. The second-order valence-corrected chi connectivity index (χ2v) is 6.48. The van der Waals surface area contributed by atoms with Crippen molar-refractivity contribution in [3.05, 3.63) is 84.3 Å². The third-order valence-electron chi connectivity index (χ3n) is 4.45. The number of hydrogen-bond donors (Lipinski definition) is 1. The molecule has 0 bridgehead atoms. The summed E-state index contributed by atoms with van der Waals surface area (Å²) in [6.45, 7) is 2.67. The van der Waals surface area contributed by atoms with Crippen LogP contribution in [-0.2, 0) is 6.54 Å². The molecule has 0 aliphatic heterocycles. The van der Waals surface area contributed by atoms with E-state index in [1.807, 2.05) is 60.0 Å². The number of aryl methyl sites for hydroxylation is 2. The minimum absolute atomic E-state index is 0.144. The Morgan fingerprint density at radius 2 is 2.00 bits per heavy atom. The lowest BCUT2D eigenvalue weighted by Gasteiger charge is -2.18. The van der Waals surface area contributed by atoms with Crippen molar-refractivity contribution in [3.63, 3.8) is 0 Å². The molecule has 0 saturated carbocycles. The molecular weight excluding hydrogens is 340 g/mol. The summed E-state index contributed by atoms with van der Waals surface area (Å²) in [4.78, 5) is 21.2. The Kier molecular flexibility index (Phi) is 4.65. The van der Waals surface area contributed by atoms with Gasteiger partial charge in [0.15, 0.2) is 0 Å². The first-order valence-electron chi connectivity index (χ1n) is 8.82. The van der Waals surface area contributed by atoms with Gasteiger partial charge in [0.05, 0.1) is 6.04 Å². The summed E-state index contributed by atoms with van der Waals surface area (Å²) in [7, 11) is 0. The summed E-state index contributed by atoms with van der Waals surface area (Å²) in [6.07, 6.45) is 7.60. The fraction of sp³-hybridized carbons (Fsp3) is 0.200. The highest BCUT2D eigenvalue weighted by Gasteiger charge is 2.18. The van der Waals surface area contributed by atoms with Gasteiger partial charge in [0.2, 0.25) is 0 Å². The second kappa shape index (κ2) is 7.41. The molecule has 0 aliphatic carbocycles. The van der Waals surface area contributed by atoms with E-state index in [0.717, 1.165) is 16.8 Å². The maximum Gasteiger partial charge on any atom is 0.271 e. The zero-order valence-electron chi connectivity index (χ0n) is 15.0. The third kappa shape index (κ3) is 3.87. The molecule has 1 atom stereocenters. The van der Waals surface area contributed by atoms with Gasteiger partial charge in [-0.1, -0.05) is 36.4 Å². The summed E-state index contributed by atoms with van der Waals surface area (Å²) in [6, 6.07) is 13.7. The highest BCUT2D eigenvalue weighted by molar-refractivity contribution is 5.93. The van der Waals surface area contributed by atoms with Gasteiger partial charge in [-0.15, -0.1) is 0 Å². The molecule has 1 amide bonds. The van der Waals surface area contributed by atoms with Gasteiger partial charge in [0, 0.05) is 18.9 Å². The Hall–Kier alpha value is -3.48. The summed E-state index contributed by atoms with van der Waals surface area (Å²) in [5.41, 5.74) is 3.32. The number of aromatic nitrogens is 5. The molecular formula is C20H20N6O. The van der Waals surface area contributed by atoms with Gasteiger partial charge in [0.1, 0.15) is 24.0 Å². The van der Waals surface area contributed by atoms with Crippen LogP contribution in [0.3, 0.4) is 0 Å². The summed E-state index contributed by atoms with van der Waals surface area (Å²) in [5.74, 6) is -0.191. The topological polar surface area (TPSA) is 77.1 Å². The van der Waals surface area contributed by atoms with E-state index in [1.54, 1.807) is 17.2 Å². The lowest BCUT2D eigenvalue weighted by atomic mass is 10.0. The van der Waals surface area contributed by atoms with E-state index in [9.17, 15) is 4.79 Å². The van der Waals surface area contributed by atoms with Crippen LogP contribution in [0.4, 0.5) is 0 Å². The Morgan fingerprint density at radius 3 is 2.78 bits per heavy atom. The zero-order valence-corrected chi connectivity index (χ0v) is 15.0. The fourth-order valence-electron chi connectivity index (χ4n) is 3.06. The number of carbonyl (C=O) groups excluding carboxylic acids is 1. The first-order valence-corrected chi connectivity index (χ1v) is 8.82. The van der Waals surface area contributed by atoms with E-state index >= 15 is 0 Å². The van der Waals surface area contributed by atoms with E-state index < -0.39 is 0 Å². The quantitative estimate of drug-likeness (QED) is 0.574. The summed E-state index contributed by atoms with van der Waals surface area (Å²) in [5, 5.41) is 7.24.